The highest BCUT2D eigenvalue weighted by Crippen LogP contribution is 2.11. The van der Waals surface area contributed by atoms with Crippen LogP contribution >= 0.6 is 0 Å². The SMILES string of the molecule is Cc1ccccc1Cn1nc(C(N)=O)cc1C. The molecule has 0 fully saturated rings. The molecule has 0 aliphatic rings. The highest BCUT2D eigenvalue weighted by molar-refractivity contribution is 5.90. The van der Waals surface area contributed by atoms with Crippen molar-refractivity contribution < 1.29 is 4.79 Å². The lowest BCUT2D eigenvalue weighted by atomic mass is 10.1. The number of amides is 1. The molecule has 2 rings (SSSR count). The maximum absolute atomic E-state index is 11.0. The zero-order valence-corrected chi connectivity index (χ0v) is 9.97. The summed E-state index contributed by atoms with van der Waals surface area (Å²) >= 11 is 0. The summed E-state index contributed by atoms with van der Waals surface area (Å²) in [6, 6.07) is 9.82. The Kier molecular flexibility index (Phi) is 2.95. The number of hydrogen-bond acceptors (Lipinski definition) is 2. The van der Waals surface area contributed by atoms with Gasteiger partial charge in [0.25, 0.3) is 5.91 Å². The van der Waals surface area contributed by atoms with Crippen LogP contribution in [0.15, 0.2) is 30.3 Å². The first kappa shape index (κ1) is 11.4. The molecule has 4 nitrogen and oxygen atoms in total. The number of primary amides is 1. The van der Waals surface area contributed by atoms with Crippen LogP contribution in [0.1, 0.15) is 27.3 Å². The van der Waals surface area contributed by atoms with Crippen molar-refractivity contribution in [2.24, 2.45) is 5.73 Å². The van der Waals surface area contributed by atoms with Gasteiger partial charge in [-0.2, -0.15) is 5.10 Å². The Morgan fingerprint density at radius 3 is 2.65 bits per heavy atom. The van der Waals surface area contributed by atoms with Crippen LogP contribution in [0.2, 0.25) is 0 Å². The molecule has 1 amide bonds. The first-order valence-electron chi connectivity index (χ1n) is 5.46. The minimum atomic E-state index is -0.489. The lowest BCUT2D eigenvalue weighted by Crippen LogP contribution is -2.13. The fourth-order valence-corrected chi connectivity index (χ4v) is 1.74. The molecule has 0 aliphatic heterocycles. The summed E-state index contributed by atoms with van der Waals surface area (Å²) in [6.45, 7) is 4.63. The van der Waals surface area contributed by atoms with E-state index in [0.29, 0.717) is 12.2 Å². The van der Waals surface area contributed by atoms with Crippen LogP contribution in [0.25, 0.3) is 0 Å². The van der Waals surface area contributed by atoms with Gasteiger partial charge in [0.2, 0.25) is 0 Å². The van der Waals surface area contributed by atoms with Crippen molar-refractivity contribution in [3.63, 3.8) is 0 Å². The van der Waals surface area contributed by atoms with E-state index in [-0.39, 0.29) is 0 Å². The van der Waals surface area contributed by atoms with Crippen molar-refractivity contribution in [2.75, 3.05) is 0 Å². The molecular formula is C13H15N3O. The van der Waals surface area contributed by atoms with Gasteiger partial charge < -0.3 is 5.73 Å². The molecule has 0 atom stereocenters. The second-order valence-corrected chi connectivity index (χ2v) is 4.12. The summed E-state index contributed by atoms with van der Waals surface area (Å²) < 4.78 is 1.79. The minimum Gasteiger partial charge on any atom is -0.364 e. The number of rotatable bonds is 3. The van der Waals surface area contributed by atoms with Crippen molar-refractivity contribution in [2.45, 2.75) is 20.4 Å². The highest BCUT2D eigenvalue weighted by Gasteiger charge is 2.09. The van der Waals surface area contributed by atoms with Gasteiger partial charge in [-0.05, 0) is 31.0 Å². The van der Waals surface area contributed by atoms with E-state index in [1.54, 1.807) is 10.7 Å². The smallest absolute Gasteiger partial charge is 0.269 e. The number of benzene rings is 1. The monoisotopic (exact) mass is 229 g/mol. The molecule has 0 spiro atoms. The average Bonchev–Trinajstić information content (AvgIpc) is 2.64. The Bertz CT molecular complexity index is 558. The van der Waals surface area contributed by atoms with E-state index in [0.717, 1.165) is 5.69 Å². The average molecular weight is 229 g/mol. The molecule has 17 heavy (non-hydrogen) atoms. The van der Waals surface area contributed by atoms with Gasteiger partial charge in [-0.15, -0.1) is 0 Å². The first-order valence-corrected chi connectivity index (χ1v) is 5.46. The van der Waals surface area contributed by atoms with E-state index in [9.17, 15) is 4.79 Å². The number of aromatic nitrogens is 2. The molecule has 0 radical (unpaired) electrons. The molecule has 0 aliphatic carbocycles. The zero-order chi connectivity index (χ0) is 12.4. The van der Waals surface area contributed by atoms with Crippen LogP contribution in [-0.2, 0) is 6.54 Å². The number of carbonyl (C=O) groups excluding carboxylic acids is 1. The summed E-state index contributed by atoms with van der Waals surface area (Å²) in [4.78, 5) is 11.0. The molecule has 2 aromatic rings. The summed E-state index contributed by atoms with van der Waals surface area (Å²) in [5, 5.41) is 4.19. The molecule has 0 saturated heterocycles. The van der Waals surface area contributed by atoms with Crippen molar-refractivity contribution in [1.82, 2.24) is 9.78 Å². The molecule has 4 heteroatoms. The van der Waals surface area contributed by atoms with Crippen molar-refractivity contribution >= 4 is 5.91 Å². The maximum Gasteiger partial charge on any atom is 0.269 e. The lowest BCUT2D eigenvalue weighted by molar-refractivity contribution is 0.0995. The van der Waals surface area contributed by atoms with Gasteiger partial charge in [-0.25, -0.2) is 0 Å². The maximum atomic E-state index is 11.0. The fraction of sp³-hybridized carbons (Fsp3) is 0.231. The second kappa shape index (κ2) is 4.41. The number of carbonyl (C=O) groups is 1. The van der Waals surface area contributed by atoms with E-state index in [1.165, 1.54) is 11.1 Å². The predicted molar refractivity (Wildman–Crippen MR) is 65.8 cm³/mol. The van der Waals surface area contributed by atoms with E-state index in [2.05, 4.69) is 24.2 Å². The molecule has 1 aromatic heterocycles. The molecule has 1 aromatic carbocycles. The lowest BCUT2D eigenvalue weighted by Gasteiger charge is -2.07. The Hall–Kier alpha value is -2.10. The summed E-state index contributed by atoms with van der Waals surface area (Å²) in [7, 11) is 0. The van der Waals surface area contributed by atoms with Crippen LogP contribution in [0.4, 0.5) is 0 Å². The van der Waals surface area contributed by atoms with Crippen LogP contribution < -0.4 is 5.73 Å². The third-order valence-electron chi connectivity index (χ3n) is 2.82. The number of hydrogen-bond donors (Lipinski definition) is 1. The van der Waals surface area contributed by atoms with E-state index in [1.807, 2.05) is 19.1 Å². The molecule has 0 bridgehead atoms. The van der Waals surface area contributed by atoms with E-state index >= 15 is 0 Å². The van der Waals surface area contributed by atoms with Crippen molar-refractivity contribution in [1.29, 1.82) is 0 Å². The number of nitrogens with two attached hydrogens (primary N) is 1. The predicted octanol–water partition coefficient (Wildman–Crippen LogP) is 1.65. The summed E-state index contributed by atoms with van der Waals surface area (Å²) in [6.07, 6.45) is 0. The van der Waals surface area contributed by atoms with Gasteiger partial charge in [-0.3, -0.25) is 9.48 Å². The second-order valence-electron chi connectivity index (χ2n) is 4.12. The van der Waals surface area contributed by atoms with E-state index < -0.39 is 5.91 Å². The van der Waals surface area contributed by atoms with Gasteiger partial charge in [0.05, 0.1) is 6.54 Å². The van der Waals surface area contributed by atoms with Crippen molar-refractivity contribution in [3.05, 3.63) is 52.8 Å². The van der Waals surface area contributed by atoms with Gasteiger partial charge in [0.1, 0.15) is 5.69 Å². The van der Waals surface area contributed by atoms with Crippen LogP contribution in [0, 0.1) is 13.8 Å². The largest absolute Gasteiger partial charge is 0.364 e. The molecule has 2 N–H and O–H groups in total. The molecule has 1 heterocycles. The molecule has 0 saturated carbocycles. The van der Waals surface area contributed by atoms with Crippen LogP contribution in [0.3, 0.4) is 0 Å². The van der Waals surface area contributed by atoms with E-state index in [4.69, 9.17) is 5.73 Å². The Morgan fingerprint density at radius 2 is 2.06 bits per heavy atom. The topological polar surface area (TPSA) is 60.9 Å². The highest BCUT2D eigenvalue weighted by atomic mass is 16.1. The Labute approximate surface area is 100 Å². The molecule has 88 valence electrons. The normalized spacial score (nSPS) is 10.5. The van der Waals surface area contributed by atoms with Gasteiger partial charge in [0.15, 0.2) is 0 Å². The van der Waals surface area contributed by atoms with Crippen LogP contribution in [0.5, 0.6) is 0 Å². The standard InChI is InChI=1S/C13H15N3O/c1-9-5-3-4-6-11(9)8-16-10(2)7-12(15-16)13(14)17/h3-7H,8H2,1-2H3,(H2,14,17). The van der Waals surface area contributed by atoms with Gasteiger partial charge in [-0.1, -0.05) is 24.3 Å². The van der Waals surface area contributed by atoms with Gasteiger partial charge >= 0.3 is 0 Å². The zero-order valence-electron chi connectivity index (χ0n) is 9.97. The van der Waals surface area contributed by atoms with Crippen molar-refractivity contribution in [3.8, 4) is 0 Å². The summed E-state index contributed by atoms with van der Waals surface area (Å²) in [5.41, 5.74) is 8.85. The molecular weight excluding hydrogens is 214 g/mol. The third-order valence-corrected chi connectivity index (χ3v) is 2.82. The molecule has 0 unspecified atom stereocenters. The quantitative estimate of drug-likeness (QED) is 0.869. The first-order chi connectivity index (χ1) is 8.08. The Morgan fingerprint density at radius 1 is 1.35 bits per heavy atom. The van der Waals surface area contributed by atoms with Gasteiger partial charge in [0, 0.05) is 5.69 Å². The fourth-order valence-electron chi connectivity index (χ4n) is 1.74. The summed E-state index contributed by atoms with van der Waals surface area (Å²) in [5.74, 6) is -0.489. The number of nitrogens with zero attached hydrogens (tertiary/aromatic N) is 2. The minimum absolute atomic E-state index is 0.316. The Balaban J connectivity index is 2.30. The number of aryl methyl sites for hydroxylation is 2. The third kappa shape index (κ3) is 2.36. The van der Waals surface area contributed by atoms with Crippen LogP contribution in [-0.4, -0.2) is 15.7 Å².